The van der Waals surface area contributed by atoms with Crippen molar-refractivity contribution in [3.63, 3.8) is 0 Å². The number of rotatable bonds is 3. The molecule has 0 aliphatic carbocycles. The van der Waals surface area contributed by atoms with Gasteiger partial charge < -0.3 is 15.4 Å². The van der Waals surface area contributed by atoms with Gasteiger partial charge in [0.2, 0.25) is 0 Å². The molecule has 0 aromatic heterocycles. The highest BCUT2D eigenvalue weighted by molar-refractivity contribution is 5.74. The minimum Gasteiger partial charge on any atom is -0.371 e. The first-order valence-corrected chi connectivity index (χ1v) is 5.95. The standard InChI is InChI=1S/C14H16N2O2/c1-2-9-15-14(17)16-12-8-10-18-13(12)11-6-4-3-5-7-11/h1,3-7,12-13H,8-10H2,(H2,15,16,17)/t12-,13-/m0/s1. The first-order chi connectivity index (χ1) is 8.81. The summed E-state index contributed by atoms with van der Waals surface area (Å²) in [5.41, 5.74) is 1.08. The Hall–Kier alpha value is -1.99. The van der Waals surface area contributed by atoms with Gasteiger partial charge in [-0.2, -0.15) is 0 Å². The van der Waals surface area contributed by atoms with Gasteiger partial charge in [-0.25, -0.2) is 4.79 Å². The molecule has 1 aliphatic heterocycles. The van der Waals surface area contributed by atoms with Crippen molar-refractivity contribution < 1.29 is 9.53 Å². The van der Waals surface area contributed by atoms with Crippen LogP contribution in [0.4, 0.5) is 4.79 Å². The fraction of sp³-hybridized carbons (Fsp3) is 0.357. The van der Waals surface area contributed by atoms with E-state index in [1.165, 1.54) is 0 Å². The van der Waals surface area contributed by atoms with Gasteiger partial charge >= 0.3 is 6.03 Å². The number of ether oxygens (including phenoxy) is 1. The highest BCUT2D eigenvalue weighted by Gasteiger charge is 2.30. The van der Waals surface area contributed by atoms with Crippen molar-refractivity contribution in [1.82, 2.24) is 10.6 Å². The molecule has 94 valence electrons. The summed E-state index contributed by atoms with van der Waals surface area (Å²) in [4.78, 5) is 11.6. The van der Waals surface area contributed by atoms with E-state index in [-0.39, 0.29) is 24.7 Å². The van der Waals surface area contributed by atoms with E-state index in [1.807, 2.05) is 30.3 Å². The second-order valence-electron chi connectivity index (χ2n) is 4.13. The first-order valence-electron chi connectivity index (χ1n) is 5.95. The van der Waals surface area contributed by atoms with Gasteiger partial charge in [-0.05, 0) is 12.0 Å². The third kappa shape index (κ3) is 3.02. The van der Waals surface area contributed by atoms with Crippen molar-refractivity contribution in [1.29, 1.82) is 0 Å². The van der Waals surface area contributed by atoms with Crippen molar-refractivity contribution in [2.24, 2.45) is 0 Å². The average molecular weight is 244 g/mol. The normalized spacial score (nSPS) is 22.2. The molecule has 1 aromatic rings. The van der Waals surface area contributed by atoms with Crippen LogP contribution in [0.15, 0.2) is 30.3 Å². The van der Waals surface area contributed by atoms with Crippen LogP contribution in [0.5, 0.6) is 0 Å². The summed E-state index contributed by atoms with van der Waals surface area (Å²) in [5, 5.41) is 5.48. The molecule has 2 N–H and O–H groups in total. The Labute approximate surface area is 107 Å². The van der Waals surface area contributed by atoms with E-state index in [0.29, 0.717) is 6.61 Å². The molecular weight excluding hydrogens is 228 g/mol. The monoisotopic (exact) mass is 244 g/mol. The number of benzene rings is 1. The van der Waals surface area contributed by atoms with Crippen molar-refractivity contribution in [2.45, 2.75) is 18.6 Å². The van der Waals surface area contributed by atoms with Crippen LogP contribution in [-0.4, -0.2) is 25.2 Å². The number of amides is 2. The predicted molar refractivity (Wildman–Crippen MR) is 68.9 cm³/mol. The van der Waals surface area contributed by atoms with Crippen molar-refractivity contribution in [3.05, 3.63) is 35.9 Å². The average Bonchev–Trinajstić information content (AvgIpc) is 2.85. The van der Waals surface area contributed by atoms with Gasteiger partial charge in [0.1, 0.15) is 6.10 Å². The molecule has 0 unspecified atom stereocenters. The number of nitrogens with one attached hydrogen (secondary N) is 2. The van der Waals surface area contributed by atoms with Crippen LogP contribution in [0, 0.1) is 12.3 Å². The van der Waals surface area contributed by atoms with Crippen LogP contribution >= 0.6 is 0 Å². The van der Waals surface area contributed by atoms with Gasteiger partial charge in [0.25, 0.3) is 0 Å². The number of hydrogen-bond donors (Lipinski definition) is 2. The van der Waals surface area contributed by atoms with Crippen LogP contribution in [0.25, 0.3) is 0 Å². The third-order valence-electron chi connectivity index (χ3n) is 2.89. The second-order valence-corrected chi connectivity index (χ2v) is 4.13. The Kier molecular flexibility index (Phi) is 4.21. The molecule has 4 nitrogen and oxygen atoms in total. The maximum absolute atomic E-state index is 11.6. The topological polar surface area (TPSA) is 50.4 Å². The Morgan fingerprint density at radius 1 is 1.44 bits per heavy atom. The minimum atomic E-state index is -0.246. The molecule has 1 fully saturated rings. The predicted octanol–water partition coefficient (Wildman–Crippen LogP) is 1.45. The van der Waals surface area contributed by atoms with E-state index >= 15 is 0 Å². The van der Waals surface area contributed by atoms with Gasteiger partial charge in [0.05, 0.1) is 12.6 Å². The lowest BCUT2D eigenvalue weighted by Crippen LogP contribution is -2.43. The lowest BCUT2D eigenvalue weighted by molar-refractivity contribution is 0.1000. The zero-order chi connectivity index (χ0) is 12.8. The lowest BCUT2D eigenvalue weighted by Gasteiger charge is -2.20. The van der Waals surface area contributed by atoms with Crippen molar-refractivity contribution in [3.8, 4) is 12.3 Å². The molecule has 2 amide bonds. The summed E-state index contributed by atoms with van der Waals surface area (Å²) >= 11 is 0. The number of urea groups is 1. The van der Waals surface area contributed by atoms with Crippen LogP contribution < -0.4 is 10.6 Å². The summed E-state index contributed by atoms with van der Waals surface area (Å²) in [6.45, 7) is 0.884. The molecule has 0 bridgehead atoms. The summed E-state index contributed by atoms with van der Waals surface area (Å²) in [6.07, 6.45) is 5.81. The molecule has 1 saturated heterocycles. The first kappa shape index (κ1) is 12.5. The largest absolute Gasteiger partial charge is 0.371 e. The van der Waals surface area contributed by atoms with Crippen molar-refractivity contribution in [2.75, 3.05) is 13.2 Å². The van der Waals surface area contributed by atoms with Gasteiger partial charge in [0, 0.05) is 6.61 Å². The smallest absolute Gasteiger partial charge is 0.315 e. The van der Waals surface area contributed by atoms with E-state index in [2.05, 4.69) is 16.6 Å². The molecule has 0 saturated carbocycles. The Morgan fingerprint density at radius 2 is 2.22 bits per heavy atom. The molecule has 2 rings (SSSR count). The molecule has 18 heavy (non-hydrogen) atoms. The van der Waals surface area contributed by atoms with Crippen LogP contribution in [0.3, 0.4) is 0 Å². The second kappa shape index (κ2) is 6.08. The van der Waals surface area contributed by atoms with Crippen molar-refractivity contribution >= 4 is 6.03 Å². The molecule has 2 atom stereocenters. The van der Waals surface area contributed by atoms with Gasteiger partial charge in [-0.15, -0.1) is 6.42 Å². The lowest BCUT2D eigenvalue weighted by atomic mass is 10.0. The quantitative estimate of drug-likeness (QED) is 0.791. The maximum Gasteiger partial charge on any atom is 0.315 e. The number of hydrogen-bond acceptors (Lipinski definition) is 2. The SMILES string of the molecule is C#CCNC(=O)N[C@H]1CCO[C@H]1c1ccccc1. The van der Waals surface area contributed by atoms with E-state index in [4.69, 9.17) is 11.2 Å². The molecule has 0 spiro atoms. The molecular formula is C14H16N2O2. The summed E-state index contributed by atoms with van der Waals surface area (Å²) in [6, 6.07) is 9.64. The fourth-order valence-electron chi connectivity index (χ4n) is 2.06. The summed E-state index contributed by atoms with van der Waals surface area (Å²) in [7, 11) is 0. The van der Waals surface area contributed by atoms with Gasteiger partial charge in [-0.3, -0.25) is 0 Å². The van der Waals surface area contributed by atoms with Crippen LogP contribution in [-0.2, 0) is 4.74 Å². The minimum absolute atomic E-state index is 0.00910. The Bertz CT molecular complexity index is 439. The zero-order valence-corrected chi connectivity index (χ0v) is 10.1. The molecule has 1 aromatic carbocycles. The van der Waals surface area contributed by atoms with E-state index in [9.17, 15) is 4.79 Å². The van der Waals surface area contributed by atoms with E-state index in [1.54, 1.807) is 0 Å². The Morgan fingerprint density at radius 3 is 2.94 bits per heavy atom. The highest BCUT2D eigenvalue weighted by atomic mass is 16.5. The Balaban J connectivity index is 1.96. The third-order valence-corrected chi connectivity index (χ3v) is 2.89. The molecule has 4 heteroatoms. The molecule has 0 radical (unpaired) electrons. The van der Waals surface area contributed by atoms with Crippen LogP contribution in [0.2, 0.25) is 0 Å². The maximum atomic E-state index is 11.6. The van der Waals surface area contributed by atoms with Gasteiger partial charge in [-0.1, -0.05) is 36.3 Å². The number of carbonyl (C=O) groups is 1. The number of terminal acetylenes is 1. The summed E-state index contributed by atoms with van der Waals surface area (Å²) < 4.78 is 5.67. The highest BCUT2D eigenvalue weighted by Crippen LogP contribution is 2.28. The molecule has 1 aliphatic rings. The van der Waals surface area contributed by atoms with E-state index < -0.39 is 0 Å². The van der Waals surface area contributed by atoms with E-state index in [0.717, 1.165) is 12.0 Å². The zero-order valence-electron chi connectivity index (χ0n) is 10.1. The fourth-order valence-corrected chi connectivity index (χ4v) is 2.06. The summed E-state index contributed by atoms with van der Waals surface area (Å²) in [5.74, 6) is 2.36. The molecule has 1 heterocycles. The number of carbonyl (C=O) groups excluding carboxylic acids is 1. The van der Waals surface area contributed by atoms with Gasteiger partial charge in [0.15, 0.2) is 0 Å². The van der Waals surface area contributed by atoms with Crippen LogP contribution in [0.1, 0.15) is 18.1 Å².